The average molecular weight is 206 g/mol. The lowest BCUT2D eigenvalue weighted by Gasteiger charge is -2.15. The maximum absolute atomic E-state index is 11.7. The minimum atomic E-state index is -0.179. The van der Waals surface area contributed by atoms with Gasteiger partial charge in [-0.2, -0.15) is 0 Å². The standard InChI is InChI=1S/C11H14N2O2/c1-12-10(14)8-13(2)11(15)9-6-4-3-5-7-9/h3-7H,8H2,1-2H3,(H,12,14). The number of carbonyl (C=O) groups is 2. The molecule has 1 N–H and O–H groups in total. The van der Waals surface area contributed by atoms with E-state index in [1.807, 2.05) is 6.07 Å². The van der Waals surface area contributed by atoms with Gasteiger partial charge in [0.05, 0.1) is 6.54 Å². The van der Waals surface area contributed by atoms with E-state index in [0.717, 1.165) is 0 Å². The molecule has 0 aliphatic heterocycles. The number of carbonyl (C=O) groups excluding carboxylic acids is 2. The van der Waals surface area contributed by atoms with Gasteiger partial charge >= 0.3 is 0 Å². The van der Waals surface area contributed by atoms with Gasteiger partial charge in [0.15, 0.2) is 0 Å². The first-order chi connectivity index (χ1) is 7.15. The molecule has 2 amide bonds. The molecule has 0 saturated heterocycles. The van der Waals surface area contributed by atoms with Crippen LogP contribution in [0.5, 0.6) is 0 Å². The van der Waals surface area contributed by atoms with Crippen molar-refractivity contribution in [3.05, 3.63) is 35.9 Å². The van der Waals surface area contributed by atoms with Gasteiger partial charge < -0.3 is 10.2 Å². The summed E-state index contributed by atoms with van der Waals surface area (Å²) in [4.78, 5) is 24.2. The SMILES string of the molecule is CNC(=O)CN(C)C(=O)c1ccccc1. The van der Waals surface area contributed by atoms with Crippen LogP contribution in [0.3, 0.4) is 0 Å². The van der Waals surface area contributed by atoms with Crippen molar-refractivity contribution in [1.82, 2.24) is 10.2 Å². The normalized spacial score (nSPS) is 9.47. The second kappa shape index (κ2) is 5.14. The predicted octanol–water partition coefficient (Wildman–Crippen LogP) is 0.505. The summed E-state index contributed by atoms with van der Waals surface area (Å²) < 4.78 is 0. The third kappa shape index (κ3) is 3.09. The molecule has 1 aromatic rings. The molecule has 0 heterocycles. The minimum Gasteiger partial charge on any atom is -0.358 e. The highest BCUT2D eigenvalue weighted by Gasteiger charge is 2.13. The molecule has 0 atom stereocenters. The highest BCUT2D eigenvalue weighted by atomic mass is 16.2. The third-order valence-electron chi connectivity index (χ3n) is 2.03. The molecule has 4 heteroatoms. The highest BCUT2D eigenvalue weighted by Crippen LogP contribution is 2.02. The average Bonchev–Trinajstić information content (AvgIpc) is 2.29. The molecular weight excluding hydrogens is 192 g/mol. The Hall–Kier alpha value is -1.84. The number of hydrogen-bond acceptors (Lipinski definition) is 2. The fourth-order valence-electron chi connectivity index (χ4n) is 1.17. The lowest BCUT2D eigenvalue weighted by atomic mass is 10.2. The maximum atomic E-state index is 11.7. The molecule has 0 saturated carbocycles. The first-order valence-corrected chi connectivity index (χ1v) is 4.66. The van der Waals surface area contributed by atoms with E-state index < -0.39 is 0 Å². The van der Waals surface area contributed by atoms with Gasteiger partial charge in [0.2, 0.25) is 5.91 Å². The van der Waals surface area contributed by atoms with Crippen LogP contribution in [-0.4, -0.2) is 37.4 Å². The third-order valence-corrected chi connectivity index (χ3v) is 2.03. The Bertz CT molecular complexity index is 349. The van der Waals surface area contributed by atoms with Crippen LogP contribution in [0.15, 0.2) is 30.3 Å². The topological polar surface area (TPSA) is 49.4 Å². The van der Waals surface area contributed by atoms with Crippen LogP contribution in [0.2, 0.25) is 0 Å². The van der Waals surface area contributed by atoms with Crippen LogP contribution in [0, 0.1) is 0 Å². The van der Waals surface area contributed by atoms with Gasteiger partial charge in [-0.3, -0.25) is 9.59 Å². The summed E-state index contributed by atoms with van der Waals surface area (Å²) in [7, 11) is 3.15. The van der Waals surface area contributed by atoms with Gasteiger partial charge in [0.25, 0.3) is 5.91 Å². The molecule has 0 radical (unpaired) electrons. The Labute approximate surface area is 88.9 Å². The molecule has 0 bridgehead atoms. The van der Waals surface area contributed by atoms with Crippen molar-refractivity contribution < 1.29 is 9.59 Å². The number of amides is 2. The van der Waals surface area contributed by atoms with Crippen molar-refractivity contribution in [3.63, 3.8) is 0 Å². The van der Waals surface area contributed by atoms with E-state index in [4.69, 9.17) is 0 Å². The minimum absolute atomic E-state index is 0.0736. The van der Waals surface area contributed by atoms with Crippen LogP contribution in [0.1, 0.15) is 10.4 Å². The zero-order valence-corrected chi connectivity index (χ0v) is 8.86. The van der Waals surface area contributed by atoms with Gasteiger partial charge in [-0.25, -0.2) is 0 Å². The Kier molecular flexibility index (Phi) is 3.85. The van der Waals surface area contributed by atoms with Crippen molar-refractivity contribution >= 4 is 11.8 Å². The predicted molar refractivity (Wildman–Crippen MR) is 57.5 cm³/mol. The highest BCUT2D eigenvalue weighted by molar-refractivity contribution is 5.96. The Morgan fingerprint density at radius 2 is 1.87 bits per heavy atom. The van der Waals surface area contributed by atoms with Gasteiger partial charge in [0, 0.05) is 19.7 Å². The van der Waals surface area contributed by atoms with E-state index in [1.54, 1.807) is 38.4 Å². The quantitative estimate of drug-likeness (QED) is 0.783. The second-order valence-corrected chi connectivity index (χ2v) is 3.20. The van der Waals surface area contributed by atoms with Crippen molar-refractivity contribution in [2.75, 3.05) is 20.6 Å². The Balaban J connectivity index is 2.65. The zero-order chi connectivity index (χ0) is 11.3. The number of hydrogen-bond donors (Lipinski definition) is 1. The summed E-state index contributed by atoms with van der Waals surface area (Å²) in [6.07, 6.45) is 0. The molecule has 0 spiro atoms. The molecule has 4 nitrogen and oxygen atoms in total. The van der Waals surface area contributed by atoms with E-state index in [1.165, 1.54) is 4.90 Å². The molecule has 15 heavy (non-hydrogen) atoms. The molecule has 1 aromatic carbocycles. The van der Waals surface area contributed by atoms with Crippen molar-refractivity contribution in [3.8, 4) is 0 Å². The van der Waals surface area contributed by atoms with Crippen LogP contribution in [0.4, 0.5) is 0 Å². The second-order valence-electron chi connectivity index (χ2n) is 3.20. The number of rotatable bonds is 3. The lowest BCUT2D eigenvalue weighted by Crippen LogP contribution is -2.36. The largest absolute Gasteiger partial charge is 0.358 e. The number of nitrogens with zero attached hydrogens (tertiary/aromatic N) is 1. The van der Waals surface area contributed by atoms with E-state index in [0.29, 0.717) is 5.56 Å². The summed E-state index contributed by atoms with van der Waals surface area (Å²) in [5, 5.41) is 2.47. The molecule has 0 aliphatic carbocycles. The molecule has 0 aliphatic rings. The van der Waals surface area contributed by atoms with Crippen LogP contribution < -0.4 is 5.32 Å². The van der Waals surface area contributed by atoms with Crippen LogP contribution in [0.25, 0.3) is 0 Å². The zero-order valence-electron chi connectivity index (χ0n) is 8.86. The maximum Gasteiger partial charge on any atom is 0.254 e. The molecule has 0 fully saturated rings. The molecule has 1 rings (SSSR count). The lowest BCUT2D eigenvalue weighted by molar-refractivity contribution is -0.121. The van der Waals surface area contributed by atoms with E-state index in [9.17, 15) is 9.59 Å². The first kappa shape index (κ1) is 11.2. The van der Waals surface area contributed by atoms with Gasteiger partial charge in [-0.05, 0) is 12.1 Å². The van der Waals surface area contributed by atoms with Crippen molar-refractivity contribution in [1.29, 1.82) is 0 Å². The van der Waals surface area contributed by atoms with E-state index in [-0.39, 0.29) is 18.4 Å². The van der Waals surface area contributed by atoms with E-state index in [2.05, 4.69) is 5.32 Å². The molecule has 0 unspecified atom stereocenters. The van der Waals surface area contributed by atoms with Gasteiger partial charge in [-0.15, -0.1) is 0 Å². The first-order valence-electron chi connectivity index (χ1n) is 4.66. The Morgan fingerprint density at radius 1 is 1.27 bits per heavy atom. The summed E-state index contributed by atoms with van der Waals surface area (Å²) in [6.45, 7) is 0.0736. The summed E-state index contributed by atoms with van der Waals surface area (Å²) in [5.41, 5.74) is 0.587. The van der Waals surface area contributed by atoms with Crippen LogP contribution >= 0.6 is 0 Å². The number of benzene rings is 1. The fourth-order valence-corrected chi connectivity index (χ4v) is 1.17. The molecular formula is C11H14N2O2. The van der Waals surface area contributed by atoms with Gasteiger partial charge in [0.1, 0.15) is 0 Å². The summed E-state index contributed by atoms with van der Waals surface area (Å²) in [6, 6.07) is 8.88. The fraction of sp³-hybridized carbons (Fsp3) is 0.273. The monoisotopic (exact) mass is 206 g/mol. The van der Waals surface area contributed by atoms with Crippen LogP contribution in [-0.2, 0) is 4.79 Å². The van der Waals surface area contributed by atoms with Crippen molar-refractivity contribution in [2.24, 2.45) is 0 Å². The number of nitrogens with one attached hydrogen (secondary N) is 1. The van der Waals surface area contributed by atoms with Crippen molar-refractivity contribution in [2.45, 2.75) is 0 Å². The smallest absolute Gasteiger partial charge is 0.254 e. The summed E-state index contributed by atoms with van der Waals surface area (Å²) in [5.74, 6) is -0.332. The Morgan fingerprint density at radius 3 is 2.40 bits per heavy atom. The molecule has 0 aromatic heterocycles. The number of likely N-dealkylation sites (N-methyl/N-ethyl adjacent to an activating group) is 2. The van der Waals surface area contributed by atoms with E-state index >= 15 is 0 Å². The van der Waals surface area contributed by atoms with Gasteiger partial charge in [-0.1, -0.05) is 18.2 Å². The summed E-state index contributed by atoms with van der Waals surface area (Å²) >= 11 is 0. The molecule has 80 valence electrons.